The van der Waals surface area contributed by atoms with Gasteiger partial charge in [-0.25, -0.2) is 0 Å². The molecule has 0 fully saturated rings. The summed E-state index contributed by atoms with van der Waals surface area (Å²) in [4.78, 5) is 33.6. The van der Waals surface area contributed by atoms with Crippen LogP contribution in [0.5, 0.6) is 0 Å². The third-order valence-corrected chi connectivity index (χ3v) is 3.30. The van der Waals surface area contributed by atoms with E-state index in [1.54, 1.807) is 41.5 Å². The van der Waals surface area contributed by atoms with E-state index in [4.69, 9.17) is 14.6 Å². The summed E-state index contributed by atoms with van der Waals surface area (Å²) in [6.45, 7) is 10.1. The molecule has 0 aliphatic heterocycles. The van der Waals surface area contributed by atoms with Crippen molar-refractivity contribution in [1.82, 2.24) is 9.97 Å². The number of nitrogens with zero attached hydrogens (tertiary/aromatic N) is 3. The van der Waals surface area contributed by atoms with Crippen molar-refractivity contribution in [2.24, 2.45) is 0 Å². The van der Waals surface area contributed by atoms with Crippen molar-refractivity contribution in [2.45, 2.75) is 52.7 Å². The van der Waals surface area contributed by atoms with Gasteiger partial charge in [-0.1, -0.05) is 0 Å². The van der Waals surface area contributed by atoms with Crippen LogP contribution in [0.25, 0.3) is 0 Å². The van der Waals surface area contributed by atoms with Crippen molar-refractivity contribution in [3.8, 4) is 9.85 Å². The standard InChI is InChI=1S/C17H23IN3O5/c1-16(2,3)25-14(23)21(15(24)26-17(4,5)6)13-19-9-12(10-20-13)7-8-18-11-22/h9-10,22H,11H2,1-6H3/q-1. The Morgan fingerprint density at radius 3 is 1.92 bits per heavy atom. The molecule has 1 aromatic heterocycles. The van der Waals surface area contributed by atoms with Gasteiger partial charge in [0.25, 0.3) is 0 Å². The van der Waals surface area contributed by atoms with Gasteiger partial charge in [0.2, 0.25) is 0 Å². The van der Waals surface area contributed by atoms with Crippen molar-refractivity contribution in [3.63, 3.8) is 0 Å². The Balaban J connectivity index is 3.13. The molecule has 144 valence electrons. The van der Waals surface area contributed by atoms with E-state index in [1.807, 2.05) is 0 Å². The fourth-order valence-electron chi connectivity index (χ4n) is 1.47. The van der Waals surface area contributed by atoms with Crippen molar-refractivity contribution in [1.29, 1.82) is 0 Å². The average molecular weight is 476 g/mol. The molecule has 0 spiro atoms. The number of anilines is 1. The molecule has 1 N–H and O–H groups in total. The van der Waals surface area contributed by atoms with Gasteiger partial charge < -0.3 is 0 Å². The first kappa shape index (κ1) is 22.1. The Labute approximate surface area is 163 Å². The predicted molar refractivity (Wildman–Crippen MR) is 90.9 cm³/mol. The maximum atomic E-state index is 12.5. The van der Waals surface area contributed by atoms with E-state index < -0.39 is 44.6 Å². The molecule has 26 heavy (non-hydrogen) atoms. The summed E-state index contributed by atoms with van der Waals surface area (Å²) in [5, 5.41) is 8.77. The minimum absolute atomic E-state index is 0.0654. The summed E-state index contributed by atoms with van der Waals surface area (Å²) in [5.41, 5.74) is -1.11. The number of alkyl halides is 1. The van der Waals surface area contributed by atoms with Crippen molar-refractivity contribution < 1.29 is 45.4 Å². The molecular formula is C17H23IN3O5-. The zero-order valence-electron chi connectivity index (χ0n) is 15.7. The summed E-state index contributed by atoms with van der Waals surface area (Å²) in [7, 11) is 0. The molecule has 2 amide bonds. The Morgan fingerprint density at radius 1 is 1.08 bits per heavy atom. The Bertz CT molecular complexity index is 668. The quantitative estimate of drug-likeness (QED) is 0.349. The van der Waals surface area contributed by atoms with Crippen molar-refractivity contribution in [2.75, 3.05) is 9.51 Å². The van der Waals surface area contributed by atoms with Crippen LogP contribution in [0.4, 0.5) is 15.5 Å². The molecule has 0 aliphatic rings. The van der Waals surface area contributed by atoms with Gasteiger partial charge >= 0.3 is 164 Å². The van der Waals surface area contributed by atoms with Crippen molar-refractivity contribution >= 4 is 18.1 Å². The van der Waals surface area contributed by atoms with Gasteiger partial charge in [-0.15, -0.1) is 0 Å². The monoisotopic (exact) mass is 476 g/mol. The molecule has 1 rings (SSSR count). The van der Waals surface area contributed by atoms with Crippen LogP contribution in [0, 0.1) is 9.85 Å². The number of hydrogen-bond donors (Lipinski definition) is 1. The zero-order chi connectivity index (χ0) is 20.0. The Morgan fingerprint density at radius 2 is 1.54 bits per heavy atom. The number of carbonyl (C=O) groups is 2. The molecule has 0 aromatic carbocycles. The average Bonchev–Trinajstić information content (AvgIpc) is 2.45. The zero-order valence-corrected chi connectivity index (χ0v) is 17.8. The summed E-state index contributed by atoms with van der Waals surface area (Å²) < 4.78 is 13.4. The van der Waals surface area contributed by atoms with Crippen LogP contribution in [0.2, 0.25) is 0 Å². The fraction of sp³-hybridized carbons (Fsp3) is 0.529. The number of ether oxygens (including phenoxy) is 2. The molecule has 1 heterocycles. The molecule has 0 atom stereocenters. The second-order valence-corrected chi connectivity index (χ2v) is 9.02. The first-order valence-corrected chi connectivity index (χ1v) is 10.3. The van der Waals surface area contributed by atoms with Crippen LogP contribution in [0.15, 0.2) is 12.4 Å². The first-order valence-electron chi connectivity index (χ1n) is 7.71. The number of hydrogen-bond acceptors (Lipinski definition) is 7. The third kappa shape index (κ3) is 7.97. The summed E-state index contributed by atoms with van der Waals surface area (Å²) in [6.07, 6.45) is 0.907. The van der Waals surface area contributed by atoms with E-state index in [0.29, 0.717) is 10.5 Å². The number of carbonyl (C=O) groups excluding carboxylic acids is 2. The van der Waals surface area contributed by atoms with Crippen LogP contribution in [0.1, 0.15) is 47.1 Å². The summed E-state index contributed by atoms with van der Waals surface area (Å²) in [5.74, 6) is 2.64. The van der Waals surface area contributed by atoms with Gasteiger partial charge in [-0.3, -0.25) is 0 Å². The molecule has 9 heteroatoms. The number of aliphatic hydroxyl groups excluding tert-OH is 1. The van der Waals surface area contributed by atoms with E-state index in [0.717, 1.165) is 0 Å². The Kier molecular flexibility index (Phi) is 7.77. The number of imide groups is 1. The molecule has 0 bridgehead atoms. The first-order chi connectivity index (χ1) is 11.9. The second kappa shape index (κ2) is 9.14. The van der Waals surface area contributed by atoms with Crippen molar-refractivity contribution in [3.05, 3.63) is 18.0 Å². The van der Waals surface area contributed by atoms with Crippen LogP contribution in [-0.2, 0) is 9.47 Å². The predicted octanol–water partition coefficient (Wildman–Crippen LogP) is -0.499. The van der Waals surface area contributed by atoms with Gasteiger partial charge in [-0.2, -0.15) is 0 Å². The van der Waals surface area contributed by atoms with Gasteiger partial charge in [0.1, 0.15) is 0 Å². The van der Waals surface area contributed by atoms with Gasteiger partial charge in [0.05, 0.1) is 0 Å². The number of aromatic nitrogens is 2. The van der Waals surface area contributed by atoms with Gasteiger partial charge in [-0.05, 0) is 0 Å². The van der Waals surface area contributed by atoms with E-state index in [9.17, 15) is 9.59 Å². The van der Waals surface area contributed by atoms with Gasteiger partial charge in [0.15, 0.2) is 0 Å². The minimum atomic E-state index is -0.934. The SMILES string of the molecule is CC(C)(C)OC(=O)N(C(=O)OC(C)(C)C)c1ncc(C#C[I-]CO)cn1. The number of halogens is 1. The normalized spacial score (nSPS) is 11.3. The third-order valence-electron chi connectivity index (χ3n) is 2.31. The summed E-state index contributed by atoms with van der Waals surface area (Å²) >= 11 is -0.592. The van der Waals surface area contributed by atoms with E-state index >= 15 is 0 Å². The molecule has 0 saturated carbocycles. The molecule has 8 nitrogen and oxygen atoms in total. The number of aliphatic hydroxyl groups is 1. The van der Waals surface area contributed by atoms with Gasteiger partial charge in [0, 0.05) is 0 Å². The van der Waals surface area contributed by atoms with Crippen LogP contribution >= 0.6 is 0 Å². The number of amides is 2. The van der Waals surface area contributed by atoms with E-state index in [2.05, 4.69) is 19.8 Å². The van der Waals surface area contributed by atoms with Crippen LogP contribution < -0.4 is 26.1 Å². The molecule has 0 unspecified atom stereocenters. The van der Waals surface area contributed by atoms with Crippen LogP contribution in [-0.4, -0.2) is 43.1 Å². The van der Waals surface area contributed by atoms with E-state index in [-0.39, 0.29) is 10.6 Å². The second-order valence-electron chi connectivity index (χ2n) is 7.04. The summed E-state index contributed by atoms with van der Waals surface area (Å²) in [6, 6.07) is 0. The molecular weight excluding hydrogens is 453 g/mol. The maximum absolute atomic E-state index is 12.5. The number of rotatable bonds is 2. The van der Waals surface area contributed by atoms with Crippen LogP contribution in [0.3, 0.4) is 0 Å². The fourth-order valence-corrected chi connectivity index (χ4v) is 2.14. The molecule has 1 aromatic rings. The Hall–Kier alpha value is -1.93. The topological polar surface area (TPSA) is 102 Å². The molecule has 0 aliphatic carbocycles. The molecule has 0 radical (unpaired) electrons. The van der Waals surface area contributed by atoms with E-state index in [1.165, 1.54) is 12.4 Å². The molecule has 0 saturated heterocycles.